The molecule has 1 N–H and O–H groups in total. The van der Waals surface area contributed by atoms with Crippen molar-refractivity contribution in [3.63, 3.8) is 0 Å². The highest BCUT2D eigenvalue weighted by atomic mass is 79.9. The van der Waals surface area contributed by atoms with E-state index >= 15 is 0 Å². The van der Waals surface area contributed by atoms with Crippen LogP contribution in [0.1, 0.15) is 16.8 Å². The standard InChI is InChI=1S/C14H14BrNO2/c1-10-3-2-4-11(8-17)14(10)18-9-13-6-5-12(15)7-16-13/h2-7,17H,8-9H2,1H3. The van der Waals surface area contributed by atoms with Gasteiger partial charge >= 0.3 is 0 Å². The third-order valence-electron chi connectivity index (χ3n) is 2.62. The molecular weight excluding hydrogens is 294 g/mol. The zero-order valence-electron chi connectivity index (χ0n) is 10.1. The van der Waals surface area contributed by atoms with Crippen molar-refractivity contribution in [3.8, 4) is 5.75 Å². The van der Waals surface area contributed by atoms with Gasteiger partial charge in [-0.1, -0.05) is 18.2 Å². The summed E-state index contributed by atoms with van der Waals surface area (Å²) in [5.74, 6) is 0.740. The van der Waals surface area contributed by atoms with Crippen molar-refractivity contribution >= 4 is 15.9 Å². The highest BCUT2D eigenvalue weighted by molar-refractivity contribution is 9.10. The minimum absolute atomic E-state index is 0.0230. The molecule has 0 unspecified atom stereocenters. The molecule has 1 aromatic heterocycles. The van der Waals surface area contributed by atoms with Crippen LogP contribution in [0, 0.1) is 6.92 Å². The summed E-state index contributed by atoms with van der Waals surface area (Å²) in [6.07, 6.45) is 1.74. The van der Waals surface area contributed by atoms with Gasteiger partial charge in [-0.15, -0.1) is 0 Å². The number of benzene rings is 1. The van der Waals surface area contributed by atoms with Gasteiger partial charge in [0, 0.05) is 16.2 Å². The van der Waals surface area contributed by atoms with Gasteiger partial charge in [0.2, 0.25) is 0 Å². The van der Waals surface area contributed by atoms with E-state index < -0.39 is 0 Å². The van der Waals surface area contributed by atoms with E-state index in [1.54, 1.807) is 6.20 Å². The van der Waals surface area contributed by atoms with Crippen molar-refractivity contribution in [1.29, 1.82) is 0 Å². The summed E-state index contributed by atoms with van der Waals surface area (Å²) in [7, 11) is 0. The Balaban J connectivity index is 2.12. The topological polar surface area (TPSA) is 42.4 Å². The molecule has 2 aromatic rings. The fourth-order valence-corrected chi connectivity index (χ4v) is 1.92. The summed E-state index contributed by atoms with van der Waals surface area (Å²) in [6.45, 7) is 2.33. The summed E-state index contributed by atoms with van der Waals surface area (Å²) < 4.78 is 6.69. The summed E-state index contributed by atoms with van der Waals surface area (Å²) >= 11 is 3.34. The summed E-state index contributed by atoms with van der Waals surface area (Å²) in [5, 5.41) is 9.27. The summed E-state index contributed by atoms with van der Waals surface area (Å²) in [6, 6.07) is 9.56. The Labute approximate surface area is 115 Å². The van der Waals surface area contributed by atoms with E-state index in [-0.39, 0.29) is 6.61 Å². The normalized spacial score (nSPS) is 10.4. The lowest BCUT2D eigenvalue weighted by Gasteiger charge is -2.12. The Bertz CT molecular complexity index is 526. The molecule has 0 saturated carbocycles. The number of hydrogen-bond acceptors (Lipinski definition) is 3. The van der Waals surface area contributed by atoms with Gasteiger partial charge in [0.25, 0.3) is 0 Å². The molecule has 0 radical (unpaired) electrons. The third-order valence-corrected chi connectivity index (χ3v) is 3.09. The molecule has 0 aliphatic rings. The number of aryl methyl sites for hydroxylation is 1. The molecule has 0 aliphatic carbocycles. The summed E-state index contributed by atoms with van der Waals surface area (Å²) in [5.41, 5.74) is 2.66. The Morgan fingerprint density at radius 3 is 2.78 bits per heavy atom. The lowest BCUT2D eigenvalue weighted by atomic mass is 10.1. The van der Waals surface area contributed by atoms with Crippen LogP contribution in [-0.2, 0) is 13.2 Å². The van der Waals surface area contributed by atoms with Crippen molar-refractivity contribution in [3.05, 3.63) is 57.8 Å². The molecular formula is C14H14BrNO2. The lowest BCUT2D eigenvalue weighted by Crippen LogP contribution is -2.02. The van der Waals surface area contributed by atoms with Crippen LogP contribution in [-0.4, -0.2) is 10.1 Å². The predicted molar refractivity (Wildman–Crippen MR) is 73.4 cm³/mol. The van der Waals surface area contributed by atoms with Gasteiger partial charge in [0.05, 0.1) is 12.3 Å². The monoisotopic (exact) mass is 307 g/mol. The number of hydrogen-bond donors (Lipinski definition) is 1. The molecule has 0 atom stereocenters. The molecule has 1 aromatic carbocycles. The molecule has 0 bridgehead atoms. The highest BCUT2D eigenvalue weighted by Crippen LogP contribution is 2.24. The second-order valence-electron chi connectivity index (χ2n) is 3.98. The Hall–Kier alpha value is -1.39. The van der Waals surface area contributed by atoms with Gasteiger partial charge in [0.15, 0.2) is 0 Å². The first-order valence-electron chi connectivity index (χ1n) is 5.63. The quantitative estimate of drug-likeness (QED) is 0.943. The number of ether oxygens (including phenoxy) is 1. The van der Waals surface area contributed by atoms with Gasteiger partial charge in [-0.05, 0) is 40.5 Å². The van der Waals surface area contributed by atoms with Crippen molar-refractivity contribution in [2.24, 2.45) is 0 Å². The first-order valence-corrected chi connectivity index (χ1v) is 6.42. The highest BCUT2D eigenvalue weighted by Gasteiger charge is 2.06. The Morgan fingerprint density at radius 1 is 1.28 bits per heavy atom. The average molecular weight is 308 g/mol. The molecule has 0 saturated heterocycles. The molecule has 18 heavy (non-hydrogen) atoms. The maximum Gasteiger partial charge on any atom is 0.130 e. The third kappa shape index (κ3) is 3.09. The lowest BCUT2D eigenvalue weighted by molar-refractivity contribution is 0.256. The van der Waals surface area contributed by atoms with Crippen molar-refractivity contribution in [2.45, 2.75) is 20.1 Å². The van der Waals surface area contributed by atoms with E-state index in [1.165, 1.54) is 0 Å². The zero-order valence-corrected chi connectivity index (χ0v) is 11.6. The molecule has 3 nitrogen and oxygen atoms in total. The first kappa shape index (κ1) is 13.1. The smallest absolute Gasteiger partial charge is 0.130 e. The van der Waals surface area contributed by atoms with E-state index in [2.05, 4.69) is 20.9 Å². The first-order chi connectivity index (χ1) is 8.70. The number of nitrogens with zero attached hydrogens (tertiary/aromatic N) is 1. The average Bonchev–Trinajstić information content (AvgIpc) is 2.39. The van der Waals surface area contributed by atoms with Crippen molar-refractivity contribution < 1.29 is 9.84 Å². The van der Waals surface area contributed by atoms with Gasteiger partial charge in [-0.25, -0.2) is 0 Å². The van der Waals surface area contributed by atoms with Crippen LogP contribution in [0.25, 0.3) is 0 Å². The van der Waals surface area contributed by atoms with Crippen LogP contribution in [0.2, 0.25) is 0 Å². The van der Waals surface area contributed by atoms with E-state index in [9.17, 15) is 5.11 Å². The predicted octanol–water partition coefficient (Wildman–Crippen LogP) is 3.22. The minimum atomic E-state index is -0.0230. The molecule has 94 valence electrons. The van der Waals surface area contributed by atoms with E-state index in [1.807, 2.05) is 37.3 Å². The van der Waals surface area contributed by atoms with Crippen LogP contribution in [0.15, 0.2) is 41.0 Å². The molecule has 1 heterocycles. The second kappa shape index (κ2) is 5.98. The zero-order chi connectivity index (χ0) is 13.0. The summed E-state index contributed by atoms with van der Waals surface area (Å²) in [4.78, 5) is 4.24. The van der Waals surface area contributed by atoms with E-state index in [0.717, 1.165) is 27.0 Å². The number of pyridine rings is 1. The molecule has 0 amide bonds. The largest absolute Gasteiger partial charge is 0.487 e. The van der Waals surface area contributed by atoms with Crippen molar-refractivity contribution in [1.82, 2.24) is 4.98 Å². The van der Waals surface area contributed by atoms with Gasteiger partial charge in [0.1, 0.15) is 12.4 Å². The van der Waals surface area contributed by atoms with Crippen LogP contribution in [0.4, 0.5) is 0 Å². The van der Waals surface area contributed by atoms with Gasteiger partial charge in [-0.2, -0.15) is 0 Å². The van der Waals surface area contributed by atoms with Crippen LogP contribution < -0.4 is 4.74 Å². The SMILES string of the molecule is Cc1cccc(CO)c1OCc1ccc(Br)cn1. The number of aromatic nitrogens is 1. The molecule has 0 fully saturated rings. The Kier molecular flexibility index (Phi) is 4.33. The number of aliphatic hydroxyl groups is 1. The molecule has 2 rings (SSSR count). The second-order valence-corrected chi connectivity index (χ2v) is 4.89. The number of para-hydroxylation sites is 1. The number of halogens is 1. The van der Waals surface area contributed by atoms with Crippen LogP contribution >= 0.6 is 15.9 Å². The van der Waals surface area contributed by atoms with Crippen LogP contribution in [0.5, 0.6) is 5.75 Å². The number of rotatable bonds is 4. The number of aliphatic hydroxyl groups excluding tert-OH is 1. The molecule has 0 aliphatic heterocycles. The van der Waals surface area contributed by atoms with Crippen LogP contribution in [0.3, 0.4) is 0 Å². The molecule has 0 spiro atoms. The van der Waals surface area contributed by atoms with Gasteiger partial charge in [-0.3, -0.25) is 4.98 Å². The maximum atomic E-state index is 9.27. The van der Waals surface area contributed by atoms with E-state index in [0.29, 0.717) is 6.61 Å². The Morgan fingerprint density at radius 2 is 2.11 bits per heavy atom. The fraction of sp³-hybridized carbons (Fsp3) is 0.214. The molecule has 4 heteroatoms. The van der Waals surface area contributed by atoms with E-state index in [4.69, 9.17) is 4.74 Å². The van der Waals surface area contributed by atoms with Gasteiger partial charge < -0.3 is 9.84 Å². The maximum absolute atomic E-state index is 9.27. The minimum Gasteiger partial charge on any atom is -0.487 e. The van der Waals surface area contributed by atoms with Crippen molar-refractivity contribution in [2.75, 3.05) is 0 Å². The fourth-order valence-electron chi connectivity index (χ4n) is 1.68.